The number of hydrogen-bond acceptors (Lipinski definition) is 3. The number of carboxylic acids is 1. The Labute approximate surface area is 220 Å². The second-order valence-electron chi connectivity index (χ2n) is 13.2. The van der Waals surface area contributed by atoms with Crippen LogP contribution in [0.15, 0.2) is 24.3 Å². The highest BCUT2D eigenvalue weighted by atomic mass is 16.4. The third kappa shape index (κ3) is 5.09. The van der Waals surface area contributed by atoms with Crippen molar-refractivity contribution in [2.75, 3.05) is 0 Å². The first-order valence-corrected chi connectivity index (χ1v) is 13.9. The van der Waals surface area contributed by atoms with E-state index in [0.29, 0.717) is 18.5 Å². The van der Waals surface area contributed by atoms with Crippen molar-refractivity contribution >= 4 is 11.9 Å². The molecule has 37 heavy (non-hydrogen) atoms. The van der Waals surface area contributed by atoms with Crippen molar-refractivity contribution < 1.29 is 19.8 Å². The molecule has 0 spiro atoms. The van der Waals surface area contributed by atoms with Gasteiger partial charge in [-0.3, -0.25) is 9.59 Å². The number of rotatable bonds is 8. The SMILES string of the molecule is Cn1c(C(=O)NC2CC(C(=O)O)C2)cc(-c2cc(C(C)(C)O)cc(C3(C)CC3)c2)c1CC1(C)CCCC1. The molecule has 3 saturated carbocycles. The van der Waals surface area contributed by atoms with Gasteiger partial charge in [0.1, 0.15) is 5.69 Å². The van der Waals surface area contributed by atoms with Gasteiger partial charge in [-0.25, -0.2) is 0 Å². The van der Waals surface area contributed by atoms with Gasteiger partial charge in [0.15, 0.2) is 0 Å². The van der Waals surface area contributed by atoms with Gasteiger partial charge >= 0.3 is 5.97 Å². The van der Waals surface area contributed by atoms with E-state index in [1.165, 1.54) is 31.2 Å². The second-order valence-corrected chi connectivity index (χ2v) is 13.2. The van der Waals surface area contributed by atoms with Crippen LogP contribution in [-0.4, -0.2) is 32.7 Å². The molecule has 5 rings (SSSR count). The molecular formula is C31H42N2O4. The molecule has 1 aromatic heterocycles. The van der Waals surface area contributed by atoms with E-state index in [4.69, 9.17) is 0 Å². The van der Waals surface area contributed by atoms with E-state index in [9.17, 15) is 19.8 Å². The lowest BCUT2D eigenvalue weighted by molar-refractivity contribution is -0.145. The molecule has 6 nitrogen and oxygen atoms in total. The zero-order valence-corrected chi connectivity index (χ0v) is 23.0. The molecule has 0 aliphatic heterocycles. The van der Waals surface area contributed by atoms with Crippen LogP contribution in [0.25, 0.3) is 11.1 Å². The van der Waals surface area contributed by atoms with Gasteiger partial charge < -0.3 is 20.1 Å². The van der Waals surface area contributed by atoms with Crippen LogP contribution in [0.5, 0.6) is 0 Å². The number of benzene rings is 1. The van der Waals surface area contributed by atoms with Crippen LogP contribution < -0.4 is 5.32 Å². The number of carbonyl (C=O) groups is 2. The highest BCUT2D eigenvalue weighted by molar-refractivity contribution is 5.95. The zero-order valence-electron chi connectivity index (χ0n) is 23.0. The Bertz CT molecular complexity index is 1200. The fraction of sp³-hybridized carbons (Fsp3) is 0.613. The van der Waals surface area contributed by atoms with Crippen LogP contribution in [0.2, 0.25) is 0 Å². The number of carboxylic acid groups (broad SMARTS) is 1. The van der Waals surface area contributed by atoms with Crippen molar-refractivity contribution in [3.8, 4) is 11.1 Å². The van der Waals surface area contributed by atoms with Gasteiger partial charge in [-0.15, -0.1) is 0 Å². The molecule has 3 aliphatic rings. The van der Waals surface area contributed by atoms with Gasteiger partial charge in [-0.05, 0) is 98.4 Å². The monoisotopic (exact) mass is 506 g/mol. The maximum atomic E-state index is 13.4. The molecule has 0 atom stereocenters. The molecule has 0 radical (unpaired) electrons. The molecular weight excluding hydrogens is 464 g/mol. The zero-order chi connectivity index (χ0) is 26.8. The minimum Gasteiger partial charge on any atom is -0.481 e. The number of aromatic nitrogens is 1. The number of carbonyl (C=O) groups excluding carboxylic acids is 1. The second kappa shape index (κ2) is 9.00. The van der Waals surface area contributed by atoms with E-state index in [1.54, 1.807) is 0 Å². The Kier molecular flexibility index (Phi) is 6.33. The fourth-order valence-electron chi connectivity index (χ4n) is 6.29. The van der Waals surface area contributed by atoms with Gasteiger partial charge in [-0.1, -0.05) is 38.8 Å². The first-order valence-electron chi connectivity index (χ1n) is 13.9. The molecule has 3 aliphatic carbocycles. The van der Waals surface area contributed by atoms with Gasteiger partial charge in [0, 0.05) is 24.3 Å². The third-order valence-corrected chi connectivity index (χ3v) is 9.47. The smallest absolute Gasteiger partial charge is 0.306 e. The Balaban J connectivity index is 1.55. The Morgan fingerprint density at radius 2 is 1.70 bits per heavy atom. The molecule has 0 bridgehead atoms. The van der Waals surface area contributed by atoms with E-state index in [2.05, 4.69) is 41.9 Å². The van der Waals surface area contributed by atoms with Crippen molar-refractivity contribution in [3.05, 3.63) is 46.8 Å². The summed E-state index contributed by atoms with van der Waals surface area (Å²) < 4.78 is 2.05. The summed E-state index contributed by atoms with van der Waals surface area (Å²) in [6, 6.07) is 8.43. The highest BCUT2D eigenvalue weighted by Gasteiger charge is 2.40. The molecule has 6 heteroatoms. The minimum atomic E-state index is -0.965. The number of amides is 1. The quantitative estimate of drug-likeness (QED) is 0.429. The molecule has 3 N–H and O–H groups in total. The molecule has 1 heterocycles. The summed E-state index contributed by atoms with van der Waals surface area (Å²) in [4.78, 5) is 24.6. The van der Waals surface area contributed by atoms with Crippen molar-refractivity contribution in [3.63, 3.8) is 0 Å². The lowest BCUT2D eigenvalue weighted by atomic mass is 9.80. The molecule has 3 fully saturated rings. The average molecular weight is 507 g/mol. The largest absolute Gasteiger partial charge is 0.481 e. The van der Waals surface area contributed by atoms with Crippen molar-refractivity contribution in [1.82, 2.24) is 9.88 Å². The van der Waals surface area contributed by atoms with Crippen LogP contribution in [0.3, 0.4) is 0 Å². The number of aliphatic carboxylic acids is 1. The summed E-state index contributed by atoms with van der Waals surface area (Å²) in [5.74, 6) is -1.29. The number of hydrogen-bond donors (Lipinski definition) is 3. The molecule has 200 valence electrons. The van der Waals surface area contributed by atoms with E-state index < -0.39 is 11.6 Å². The van der Waals surface area contributed by atoms with Crippen LogP contribution >= 0.6 is 0 Å². The lowest BCUT2D eigenvalue weighted by Gasteiger charge is -2.32. The standard InChI is InChI=1S/C31H42N2O4/c1-29(2,37)21-12-19(13-22(16-21)31(4)10-11-31)24-17-25(27(34)32-23-14-20(15-23)28(35)36)33(5)26(24)18-30(3)8-6-7-9-30/h12-13,16-17,20,23,37H,6-11,14-15,18H2,1-5H3,(H,32,34)(H,35,36). The normalized spacial score (nSPS) is 23.9. The first kappa shape index (κ1) is 26.0. The van der Waals surface area contributed by atoms with E-state index in [1.807, 2.05) is 27.0 Å². The van der Waals surface area contributed by atoms with Gasteiger partial charge in [0.2, 0.25) is 0 Å². The van der Waals surface area contributed by atoms with E-state index >= 15 is 0 Å². The Morgan fingerprint density at radius 1 is 1.05 bits per heavy atom. The van der Waals surface area contributed by atoms with Crippen LogP contribution in [0.1, 0.15) is 106 Å². The molecule has 1 aromatic carbocycles. The summed E-state index contributed by atoms with van der Waals surface area (Å²) in [7, 11) is 1.98. The van der Waals surface area contributed by atoms with Gasteiger partial charge in [0.25, 0.3) is 5.91 Å². The minimum absolute atomic E-state index is 0.0947. The van der Waals surface area contributed by atoms with Crippen LogP contribution in [0, 0.1) is 11.3 Å². The number of nitrogens with one attached hydrogen (secondary N) is 1. The fourth-order valence-corrected chi connectivity index (χ4v) is 6.29. The van der Waals surface area contributed by atoms with Gasteiger partial charge in [-0.2, -0.15) is 0 Å². The molecule has 1 amide bonds. The predicted octanol–water partition coefficient (Wildman–Crippen LogP) is 5.69. The van der Waals surface area contributed by atoms with Crippen molar-refractivity contribution in [2.24, 2.45) is 18.4 Å². The topological polar surface area (TPSA) is 91.6 Å². The van der Waals surface area contributed by atoms with E-state index in [0.717, 1.165) is 41.6 Å². The predicted molar refractivity (Wildman–Crippen MR) is 145 cm³/mol. The number of nitrogens with zero attached hydrogens (tertiary/aromatic N) is 1. The first-order chi connectivity index (χ1) is 17.3. The average Bonchev–Trinajstić information content (AvgIpc) is 3.27. The Hall–Kier alpha value is -2.60. The molecule has 0 saturated heterocycles. The summed E-state index contributed by atoms with van der Waals surface area (Å²) in [5, 5.41) is 23.2. The van der Waals surface area contributed by atoms with Crippen molar-refractivity contribution in [1.29, 1.82) is 0 Å². The van der Waals surface area contributed by atoms with Crippen LogP contribution in [0.4, 0.5) is 0 Å². The summed E-state index contributed by atoms with van der Waals surface area (Å²) >= 11 is 0. The van der Waals surface area contributed by atoms with Crippen LogP contribution in [-0.2, 0) is 29.3 Å². The maximum Gasteiger partial charge on any atom is 0.306 e. The van der Waals surface area contributed by atoms with E-state index in [-0.39, 0.29) is 28.7 Å². The third-order valence-electron chi connectivity index (χ3n) is 9.47. The molecule has 0 unspecified atom stereocenters. The lowest BCUT2D eigenvalue weighted by Crippen LogP contribution is -2.47. The summed E-state index contributed by atoms with van der Waals surface area (Å²) in [5.41, 5.74) is 5.43. The van der Waals surface area contributed by atoms with Gasteiger partial charge in [0.05, 0.1) is 11.5 Å². The van der Waals surface area contributed by atoms with Crippen molar-refractivity contribution in [2.45, 2.75) is 103 Å². The summed E-state index contributed by atoms with van der Waals surface area (Å²) in [6.07, 6.45) is 9.02. The highest BCUT2D eigenvalue weighted by Crippen LogP contribution is 2.50. The summed E-state index contributed by atoms with van der Waals surface area (Å²) in [6.45, 7) is 8.31. The molecule has 2 aromatic rings. The number of aliphatic hydroxyl groups is 1. The maximum absolute atomic E-state index is 13.4. The Morgan fingerprint density at radius 3 is 2.27 bits per heavy atom.